The van der Waals surface area contributed by atoms with Crippen LogP contribution in [0.2, 0.25) is 0 Å². The maximum Gasteiger partial charge on any atom is 0.223 e. The summed E-state index contributed by atoms with van der Waals surface area (Å²) in [4.78, 5) is 14.8. The average molecular weight is 395 g/mol. The van der Waals surface area contributed by atoms with Crippen LogP contribution in [0.25, 0.3) is 5.65 Å². The first-order valence-corrected chi connectivity index (χ1v) is 9.73. The molecule has 5 rings (SSSR count). The molecule has 1 aromatic carbocycles. The molecule has 2 aliphatic heterocycles. The number of nitrogens with zero attached hydrogens (tertiary/aromatic N) is 6. The number of hydrogen-bond donors (Lipinski definition) is 1. The molecule has 0 bridgehead atoms. The summed E-state index contributed by atoms with van der Waals surface area (Å²) >= 11 is 0. The minimum Gasteiger partial charge on any atom is -0.486 e. The van der Waals surface area contributed by atoms with Gasteiger partial charge in [-0.2, -0.15) is 0 Å². The summed E-state index contributed by atoms with van der Waals surface area (Å²) in [5.41, 5.74) is 0.611. The molecule has 10 nitrogen and oxygen atoms in total. The lowest BCUT2D eigenvalue weighted by Crippen LogP contribution is -2.45. The van der Waals surface area contributed by atoms with Crippen molar-refractivity contribution < 1.29 is 14.3 Å². The number of nitrogens with one attached hydrogen (secondary N) is 1. The molecule has 150 valence electrons. The number of anilines is 1. The standard InChI is InChI=1S/C19H21N7O3/c27-19(20-11-14-12-28-15-3-1-2-4-16(15)29-14)13-7-9-25(10-8-13)18-6-5-17-21-23-24-26(17)22-18/h1-6,13-14H,7-12H2,(H,20,27)/t14-/m0/s1. The van der Waals surface area contributed by atoms with Gasteiger partial charge in [-0.3, -0.25) is 4.79 Å². The van der Waals surface area contributed by atoms with Crippen molar-refractivity contribution in [2.45, 2.75) is 18.9 Å². The highest BCUT2D eigenvalue weighted by atomic mass is 16.6. The largest absolute Gasteiger partial charge is 0.486 e. The number of para-hydroxylation sites is 2. The molecule has 3 aromatic rings. The van der Waals surface area contributed by atoms with E-state index in [1.54, 1.807) is 0 Å². The third kappa shape index (κ3) is 3.65. The molecule has 0 spiro atoms. The summed E-state index contributed by atoms with van der Waals surface area (Å²) in [6, 6.07) is 11.3. The monoisotopic (exact) mass is 395 g/mol. The second-order valence-electron chi connectivity index (χ2n) is 7.22. The lowest BCUT2D eigenvalue weighted by Gasteiger charge is -2.32. The maximum atomic E-state index is 12.6. The lowest BCUT2D eigenvalue weighted by atomic mass is 9.96. The second-order valence-corrected chi connectivity index (χ2v) is 7.22. The lowest BCUT2D eigenvalue weighted by molar-refractivity contribution is -0.126. The van der Waals surface area contributed by atoms with Gasteiger partial charge in [0.15, 0.2) is 23.0 Å². The van der Waals surface area contributed by atoms with Crippen molar-refractivity contribution in [3.8, 4) is 11.5 Å². The van der Waals surface area contributed by atoms with Crippen molar-refractivity contribution in [3.63, 3.8) is 0 Å². The number of hydrogen-bond acceptors (Lipinski definition) is 8. The number of fused-ring (bicyclic) bond motifs is 2. The van der Waals surface area contributed by atoms with E-state index in [1.807, 2.05) is 36.4 Å². The maximum absolute atomic E-state index is 12.6. The molecule has 10 heteroatoms. The van der Waals surface area contributed by atoms with Crippen LogP contribution in [0.1, 0.15) is 12.8 Å². The fourth-order valence-corrected chi connectivity index (χ4v) is 3.70. The Morgan fingerprint density at radius 1 is 1.14 bits per heavy atom. The zero-order chi connectivity index (χ0) is 19.6. The molecule has 1 fully saturated rings. The number of carbonyl (C=O) groups is 1. The Morgan fingerprint density at radius 2 is 1.97 bits per heavy atom. The van der Waals surface area contributed by atoms with Crippen LogP contribution in [0.5, 0.6) is 11.5 Å². The van der Waals surface area contributed by atoms with E-state index in [0.717, 1.165) is 43.2 Å². The quantitative estimate of drug-likeness (QED) is 0.688. The van der Waals surface area contributed by atoms with Gasteiger partial charge >= 0.3 is 0 Å². The second kappa shape index (κ2) is 7.53. The van der Waals surface area contributed by atoms with E-state index in [-0.39, 0.29) is 17.9 Å². The molecule has 1 amide bonds. The molecule has 2 aliphatic rings. The van der Waals surface area contributed by atoms with Crippen molar-refractivity contribution >= 4 is 17.4 Å². The smallest absolute Gasteiger partial charge is 0.223 e. The van der Waals surface area contributed by atoms with Crippen LogP contribution < -0.4 is 19.7 Å². The zero-order valence-electron chi connectivity index (χ0n) is 15.8. The van der Waals surface area contributed by atoms with E-state index in [9.17, 15) is 4.79 Å². The van der Waals surface area contributed by atoms with E-state index in [0.29, 0.717) is 18.8 Å². The molecule has 0 unspecified atom stereocenters. The summed E-state index contributed by atoms with van der Waals surface area (Å²) in [5, 5.41) is 18.7. The molecular weight excluding hydrogens is 374 g/mol. The van der Waals surface area contributed by atoms with E-state index >= 15 is 0 Å². The normalized spacial score (nSPS) is 19.3. The Balaban J connectivity index is 1.12. The number of aromatic nitrogens is 5. The number of ether oxygens (including phenoxy) is 2. The van der Waals surface area contributed by atoms with Gasteiger partial charge in [-0.05, 0) is 47.5 Å². The first-order valence-electron chi connectivity index (χ1n) is 9.73. The summed E-state index contributed by atoms with van der Waals surface area (Å²) in [6.07, 6.45) is 1.36. The predicted molar refractivity (Wildman–Crippen MR) is 103 cm³/mol. The number of amides is 1. The van der Waals surface area contributed by atoms with Gasteiger partial charge in [0.25, 0.3) is 0 Å². The Kier molecular flexibility index (Phi) is 4.59. The SMILES string of the molecule is O=C(NC[C@H]1COc2ccccc2O1)C1CCN(c2ccc3nnnn3n2)CC1. The fraction of sp³-hybridized carbons (Fsp3) is 0.421. The number of piperidine rings is 1. The molecular formula is C19H21N7O3. The number of rotatable bonds is 4. The van der Waals surface area contributed by atoms with Crippen LogP contribution >= 0.6 is 0 Å². The number of benzene rings is 1. The Morgan fingerprint density at radius 3 is 2.83 bits per heavy atom. The van der Waals surface area contributed by atoms with Gasteiger partial charge in [0.2, 0.25) is 5.91 Å². The van der Waals surface area contributed by atoms with Crippen LogP contribution in [-0.4, -0.2) is 63.5 Å². The first kappa shape index (κ1) is 17.7. The van der Waals surface area contributed by atoms with Crippen LogP contribution in [-0.2, 0) is 4.79 Å². The van der Waals surface area contributed by atoms with Crippen LogP contribution in [0.4, 0.5) is 5.82 Å². The zero-order valence-corrected chi connectivity index (χ0v) is 15.8. The van der Waals surface area contributed by atoms with Crippen molar-refractivity contribution in [1.82, 2.24) is 30.6 Å². The van der Waals surface area contributed by atoms with E-state index in [4.69, 9.17) is 9.47 Å². The third-order valence-corrected chi connectivity index (χ3v) is 5.32. The van der Waals surface area contributed by atoms with Crippen molar-refractivity contribution in [1.29, 1.82) is 0 Å². The van der Waals surface area contributed by atoms with Gasteiger partial charge in [0.1, 0.15) is 12.7 Å². The fourth-order valence-electron chi connectivity index (χ4n) is 3.70. The topological polar surface area (TPSA) is 107 Å². The molecule has 1 N–H and O–H groups in total. The van der Waals surface area contributed by atoms with Crippen molar-refractivity contribution in [2.24, 2.45) is 5.92 Å². The van der Waals surface area contributed by atoms with Gasteiger partial charge in [0, 0.05) is 19.0 Å². The average Bonchev–Trinajstić information content (AvgIpc) is 3.25. The van der Waals surface area contributed by atoms with E-state index < -0.39 is 0 Å². The highest BCUT2D eigenvalue weighted by Gasteiger charge is 2.27. The van der Waals surface area contributed by atoms with Crippen LogP contribution in [0.3, 0.4) is 0 Å². The van der Waals surface area contributed by atoms with Gasteiger partial charge in [-0.15, -0.1) is 14.8 Å². The van der Waals surface area contributed by atoms with Gasteiger partial charge in [0.05, 0.1) is 6.54 Å². The highest BCUT2D eigenvalue weighted by Crippen LogP contribution is 2.30. The number of carbonyl (C=O) groups excluding carboxylic acids is 1. The van der Waals surface area contributed by atoms with Gasteiger partial charge in [-0.1, -0.05) is 12.1 Å². The van der Waals surface area contributed by atoms with E-state index in [1.165, 1.54) is 4.63 Å². The van der Waals surface area contributed by atoms with Gasteiger partial charge in [-0.25, -0.2) is 0 Å². The van der Waals surface area contributed by atoms with E-state index in [2.05, 4.69) is 30.8 Å². The minimum atomic E-state index is -0.179. The molecule has 1 atom stereocenters. The first-order chi connectivity index (χ1) is 14.3. The summed E-state index contributed by atoms with van der Waals surface area (Å²) in [6.45, 7) is 2.39. The molecule has 2 aromatic heterocycles. The third-order valence-electron chi connectivity index (χ3n) is 5.32. The highest BCUT2D eigenvalue weighted by molar-refractivity contribution is 5.79. The summed E-state index contributed by atoms with van der Waals surface area (Å²) in [7, 11) is 0. The Labute approximate surface area is 166 Å². The summed E-state index contributed by atoms with van der Waals surface area (Å²) in [5.74, 6) is 2.33. The summed E-state index contributed by atoms with van der Waals surface area (Å²) < 4.78 is 13.0. The predicted octanol–water partition coefficient (Wildman–Crippen LogP) is 0.692. The molecule has 4 heterocycles. The molecule has 0 radical (unpaired) electrons. The Bertz CT molecular complexity index is 1020. The van der Waals surface area contributed by atoms with Crippen molar-refractivity contribution in [3.05, 3.63) is 36.4 Å². The molecule has 0 aliphatic carbocycles. The molecule has 0 saturated carbocycles. The molecule has 1 saturated heterocycles. The van der Waals surface area contributed by atoms with Gasteiger partial charge < -0.3 is 19.7 Å². The van der Waals surface area contributed by atoms with Crippen LogP contribution in [0.15, 0.2) is 36.4 Å². The van der Waals surface area contributed by atoms with Crippen molar-refractivity contribution in [2.75, 3.05) is 31.1 Å². The number of tetrazole rings is 1. The molecule has 29 heavy (non-hydrogen) atoms. The Hall–Kier alpha value is -3.43. The van der Waals surface area contributed by atoms with Crippen LogP contribution in [0, 0.1) is 5.92 Å². The minimum absolute atomic E-state index is 0.0141.